The summed E-state index contributed by atoms with van der Waals surface area (Å²) in [5.74, 6) is 0. The van der Waals surface area contributed by atoms with E-state index in [1.807, 2.05) is 0 Å². The SMILES string of the molecule is CC1(C)c2c(ccc3ccccc23)-c2ccc3cc(N(c4ccc(-c5ccc(-c6ccccc6)cc5)cc4)c4ccc5c(c4)C(c4ccccc4)(c4ccccc4)c4ccccc4-5)ccc3c21. The first kappa shape index (κ1) is 39.1. The molecular formula is C66H47N. The molecule has 0 unspecified atom stereocenters. The number of benzene rings is 11. The summed E-state index contributed by atoms with van der Waals surface area (Å²) in [5.41, 5.74) is 20.6. The Hall–Kier alpha value is -8.26. The molecule has 0 aromatic heterocycles. The molecule has 0 saturated carbocycles. The topological polar surface area (TPSA) is 3.24 Å². The summed E-state index contributed by atoms with van der Waals surface area (Å²) >= 11 is 0. The van der Waals surface area contributed by atoms with Crippen LogP contribution in [0.5, 0.6) is 0 Å². The molecule has 0 N–H and O–H groups in total. The lowest BCUT2D eigenvalue weighted by atomic mass is 9.67. The molecule has 2 aliphatic carbocycles. The molecule has 11 aromatic carbocycles. The van der Waals surface area contributed by atoms with E-state index in [9.17, 15) is 0 Å². The highest BCUT2D eigenvalue weighted by Gasteiger charge is 2.46. The Balaban J connectivity index is 0.991. The van der Waals surface area contributed by atoms with Crippen molar-refractivity contribution in [3.8, 4) is 44.5 Å². The molecule has 0 heterocycles. The number of rotatable bonds is 7. The van der Waals surface area contributed by atoms with E-state index in [1.54, 1.807) is 0 Å². The van der Waals surface area contributed by atoms with E-state index in [1.165, 1.54) is 99.4 Å². The Morgan fingerprint density at radius 1 is 0.299 bits per heavy atom. The Morgan fingerprint density at radius 2 is 0.746 bits per heavy atom. The molecular weight excluding hydrogens is 807 g/mol. The zero-order valence-electron chi connectivity index (χ0n) is 37.6. The van der Waals surface area contributed by atoms with Gasteiger partial charge in [-0.05, 0) is 136 Å². The summed E-state index contributed by atoms with van der Waals surface area (Å²) in [5, 5.41) is 5.17. The zero-order chi connectivity index (χ0) is 44.7. The summed E-state index contributed by atoms with van der Waals surface area (Å²) in [7, 11) is 0. The molecule has 67 heavy (non-hydrogen) atoms. The van der Waals surface area contributed by atoms with Crippen LogP contribution in [0.2, 0.25) is 0 Å². The first-order chi connectivity index (χ1) is 33.0. The lowest BCUT2D eigenvalue weighted by Gasteiger charge is -2.35. The monoisotopic (exact) mass is 853 g/mol. The quantitative estimate of drug-likeness (QED) is 0.154. The van der Waals surface area contributed by atoms with Gasteiger partial charge in [0.2, 0.25) is 0 Å². The Morgan fingerprint density at radius 3 is 1.40 bits per heavy atom. The van der Waals surface area contributed by atoms with E-state index in [0.29, 0.717) is 0 Å². The molecule has 0 fully saturated rings. The molecule has 0 radical (unpaired) electrons. The third-order valence-corrected chi connectivity index (χ3v) is 14.9. The third kappa shape index (κ3) is 5.94. The first-order valence-electron chi connectivity index (χ1n) is 23.5. The molecule has 0 bridgehead atoms. The maximum absolute atomic E-state index is 2.48. The molecule has 1 nitrogen and oxygen atoms in total. The molecule has 1 heteroatoms. The van der Waals surface area contributed by atoms with Crippen LogP contribution in [0.1, 0.15) is 47.2 Å². The smallest absolute Gasteiger partial charge is 0.0714 e. The fraction of sp³-hybridized carbons (Fsp3) is 0.0606. The van der Waals surface area contributed by atoms with Gasteiger partial charge in [0, 0.05) is 22.5 Å². The predicted octanol–water partition coefficient (Wildman–Crippen LogP) is 17.5. The van der Waals surface area contributed by atoms with Crippen molar-refractivity contribution in [3.63, 3.8) is 0 Å². The van der Waals surface area contributed by atoms with Crippen molar-refractivity contribution >= 4 is 38.6 Å². The summed E-state index contributed by atoms with van der Waals surface area (Å²) in [6, 6.07) is 92.4. The van der Waals surface area contributed by atoms with E-state index >= 15 is 0 Å². The van der Waals surface area contributed by atoms with E-state index in [-0.39, 0.29) is 5.41 Å². The van der Waals surface area contributed by atoms with Crippen LogP contribution in [-0.4, -0.2) is 0 Å². The van der Waals surface area contributed by atoms with Gasteiger partial charge in [-0.25, -0.2) is 0 Å². The number of nitrogens with zero attached hydrogens (tertiary/aromatic N) is 1. The highest BCUT2D eigenvalue weighted by atomic mass is 15.1. The minimum absolute atomic E-state index is 0.172. The van der Waals surface area contributed by atoms with Crippen LogP contribution >= 0.6 is 0 Å². The second kappa shape index (κ2) is 15.2. The molecule has 0 amide bonds. The van der Waals surface area contributed by atoms with Gasteiger partial charge < -0.3 is 4.90 Å². The van der Waals surface area contributed by atoms with Crippen molar-refractivity contribution in [2.24, 2.45) is 0 Å². The summed E-state index contributed by atoms with van der Waals surface area (Å²) in [6.07, 6.45) is 0. The van der Waals surface area contributed by atoms with Crippen molar-refractivity contribution in [2.45, 2.75) is 24.7 Å². The average molecular weight is 854 g/mol. The van der Waals surface area contributed by atoms with Gasteiger partial charge >= 0.3 is 0 Å². The van der Waals surface area contributed by atoms with Crippen molar-refractivity contribution in [2.75, 3.05) is 4.90 Å². The Kier molecular flexibility index (Phi) is 8.85. The van der Waals surface area contributed by atoms with Gasteiger partial charge in [-0.2, -0.15) is 0 Å². The highest BCUT2D eigenvalue weighted by molar-refractivity contribution is 6.04. The summed E-state index contributed by atoms with van der Waals surface area (Å²) in [4.78, 5) is 2.46. The lowest BCUT2D eigenvalue weighted by molar-refractivity contribution is 0.672. The first-order valence-corrected chi connectivity index (χ1v) is 23.5. The zero-order valence-corrected chi connectivity index (χ0v) is 37.6. The second-order valence-corrected chi connectivity index (χ2v) is 18.8. The number of hydrogen-bond donors (Lipinski definition) is 0. The van der Waals surface area contributed by atoms with Gasteiger partial charge in [0.1, 0.15) is 0 Å². The molecule has 0 saturated heterocycles. The number of hydrogen-bond acceptors (Lipinski definition) is 1. The van der Waals surface area contributed by atoms with Gasteiger partial charge in [-0.15, -0.1) is 0 Å². The standard InChI is InChI=1S/C66H47N/c1-65(2)63-55-23-13-12-18-48(55)32-38-59(63)60-39-33-49-42-53(36-40-56(49)64(60)65)67(52-34-30-47(31-35-52)46-28-26-45(27-29-46)44-16-6-3-7-17-44)54-37-41-58-57-24-14-15-25-61(57)66(62(58)43-54,50-19-8-4-9-20-50)51-21-10-5-11-22-51/h3-43H,1-2H3. The van der Waals surface area contributed by atoms with Gasteiger partial charge in [0.15, 0.2) is 0 Å². The minimum atomic E-state index is -0.513. The van der Waals surface area contributed by atoms with Gasteiger partial charge in [0.25, 0.3) is 0 Å². The van der Waals surface area contributed by atoms with Crippen LogP contribution in [0.4, 0.5) is 17.1 Å². The second-order valence-electron chi connectivity index (χ2n) is 18.8. The normalized spacial score (nSPS) is 13.8. The van der Waals surface area contributed by atoms with Crippen LogP contribution in [0.15, 0.2) is 249 Å². The van der Waals surface area contributed by atoms with Crippen molar-refractivity contribution < 1.29 is 0 Å². The molecule has 13 rings (SSSR count). The number of anilines is 3. The van der Waals surface area contributed by atoms with Gasteiger partial charge in [-0.3, -0.25) is 0 Å². The van der Waals surface area contributed by atoms with Crippen LogP contribution in [0.3, 0.4) is 0 Å². The molecule has 0 aliphatic heterocycles. The molecule has 0 atom stereocenters. The van der Waals surface area contributed by atoms with Crippen LogP contribution in [0, 0.1) is 0 Å². The van der Waals surface area contributed by atoms with Gasteiger partial charge in [-0.1, -0.05) is 226 Å². The van der Waals surface area contributed by atoms with E-state index in [2.05, 4.69) is 267 Å². The summed E-state index contributed by atoms with van der Waals surface area (Å²) < 4.78 is 0. The van der Waals surface area contributed by atoms with E-state index in [0.717, 1.165) is 17.1 Å². The minimum Gasteiger partial charge on any atom is -0.310 e. The van der Waals surface area contributed by atoms with Crippen LogP contribution < -0.4 is 4.90 Å². The summed E-state index contributed by atoms with van der Waals surface area (Å²) in [6.45, 7) is 4.82. The number of fused-ring (bicyclic) bond motifs is 10. The molecule has 316 valence electrons. The van der Waals surface area contributed by atoms with Crippen molar-refractivity contribution in [1.82, 2.24) is 0 Å². The maximum atomic E-state index is 2.48. The maximum Gasteiger partial charge on any atom is 0.0714 e. The van der Waals surface area contributed by atoms with Crippen LogP contribution in [0.25, 0.3) is 66.1 Å². The Labute approximate surface area is 392 Å². The molecule has 0 spiro atoms. The van der Waals surface area contributed by atoms with Crippen LogP contribution in [-0.2, 0) is 10.8 Å². The van der Waals surface area contributed by atoms with E-state index < -0.39 is 5.41 Å². The van der Waals surface area contributed by atoms with E-state index in [4.69, 9.17) is 0 Å². The fourth-order valence-corrected chi connectivity index (χ4v) is 12.0. The molecule has 11 aromatic rings. The van der Waals surface area contributed by atoms with Gasteiger partial charge in [0.05, 0.1) is 5.41 Å². The van der Waals surface area contributed by atoms with Crippen molar-refractivity contribution in [1.29, 1.82) is 0 Å². The predicted molar refractivity (Wildman–Crippen MR) is 282 cm³/mol. The fourth-order valence-electron chi connectivity index (χ4n) is 12.0. The third-order valence-electron chi connectivity index (χ3n) is 14.9. The Bertz CT molecular complexity index is 3640. The highest BCUT2D eigenvalue weighted by Crippen LogP contribution is 2.58. The largest absolute Gasteiger partial charge is 0.310 e. The average Bonchev–Trinajstić information content (AvgIpc) is 3.83. The molecule has 2 aliphatic rings. The lowest BCUT2D eigenvalue weighted by Crippen LogP contribution is -2.28. The van der Waals surface area contributed by atoms with Crippen molar-refractivity contribution in [3.05, 3.63) is 282 Å².